The predicted molar refractivity (Wildman–Crippen MR) is 93.7 cm³/mol. The lowest BCUT2D eigenvalue weighted by molar-refractivity contribution is -0.137. The van der Waals surface area contributed by atoms with Crippen LogP contribution < -0.4 is 5.32 Å². The van der Waals surface area contributed by atoms with Crippen molar-refractivity contribution in [3.8, 4) is 0 Å². The van der Waals surface area contributed by atoms with E-state index >= 15 is 0 Å². The van der Waals surface area contributed by atoms with Gasteiger partial charge in [-0.3, -0.25) is 9.59 Å². The number of H-pyrrole nitrogens is 1. The van der Waals surface area contributed by atoms with E-state index in [1.54, 1.807) is 11.8 Å². The molecule has 0 radical (unpaired) electrons. The number of para-hydroxylation sites is 1. The number of aromatic nitrogens is 1. The first-order valence-corrected chi connectivity index (χ1v) is 8.44. The quantitative estimate of drug-likeness (QED) is 0.805. The third-order valence-corrected chi connectivity index (χ3v) is 4.60. The van der Waals surface area contributed by atoms with Gasteiger partial charge in [-0.1, -0.05) is 18.2 Å². The van der Waals surface area contributed by atoms with Crippen molar-refractivity contribution in [3.05, 3.63) is 36.0 Å². The van der Waals surface area contributed by atoms with Gasteiger partial charge in [-0.15, -0.1) is 0 Å². The maximum Gasteiger partial charge on any atom is 0.236 e. The third-order valence-electron chi connectivity index (χ3n) is 4.60. The molecule has 0 spiro atoms. The number of hydrogen-bond acceptors (Lipinski definition) is 3. The molecule has 0 unspecified atom stereocenters. The predicted octanol–water partition coefficient (Wildman–Crippen LogP) is 0.991. The molecule has 1 saturated heterocycles. The van der Waals surface area contributed by atoms with Gasteiger partial charge in [0.2, 0.25) is 11.8 Å². The van der Waals surface area contributed by atoms with Gasteiger partial charge in [0.05, 0.1) is 6.54 Å². The minimum absolute atomic E-state index is 0.0824. The molecule has 1 aromatic heterocycles. The van der Waals surface area contributed by atoms with Crippen LogP contribution in [0.2, 0.25) is 0 Å². The van der Waals surface area contributed by atoms with Crippen LogP contribution in [-0.4, -0.2) is 65.9 Å². The molecular weight excluding hydrogens is 304 g/mol. The van der Waals surface area contributed by atoms with E-state index < -0.39 is 0 Å². The average molecular weight is 328 g/mol. The van der Waals surface area contributed by atoms with Gasteiger partial charge in [-0.05, 0) is 24.6 Å². The number of fused-ring (bicyclic) bond motifs is 1. The second kappa shape index (κ2) is 7.49. The van der Waals surface area contributed by atoms with Gasteiger partial charge in [0.1, 0.15) is 0 Å². The van der Waals surface area contributed by atoms with Gasteiger partial charge in [-0.25, -0.2) is 0 Å². The Morgan fingerprint density at radius 2 is 1.83 bits per heavy atom. The molecule has 2 N–H and O–H groups in total. The zero-order valence-corrected chi connectivity index (χ0v) is 14.0. The smallest absolute Gasteiger partial charge is 0.236 e. The lowest BCUT2D eigenvalue weighted by atomic mass is 10.1. The van der Waals surface area contributed by atoms with Crippen molar-refractivity contribution < 1.29 is 9.59 Å². The van der Waals surface area contributed by atoms with E-state index in [0.29, 0.717) is 32.7 Å². The summed E-state index contributed by atoms with van der Waals surface area (Å²) in [6.45, 7) is 5.21. The lowest BCUT2D eigenvalue weighted by Gasteiger charge is -2.34. The highest BCUT2D eigenvalue weighted by atomic mass is 16.2. The molecule has 0 aliphatic carbocycles. The fraction of sp³-hybridized carbons (Fsp3) is 0.444. The molecule has 1 aromatic carbocycles. The third kappa shape index (κ3) is 3.76. The van der Waals surface area contributed by atoms with E-state index in [4.69, 9.17) is 0 Å². The standard InChI is InChI=1S/C18H24N4O2/c1-14(23)21-8-10-22(11-9-21)18(24)13-19-7-6-15-12-20-17-5-3-2-4-16(15)17/h2-5,12,19-20H,6-11,13H2,1H3. The number of benzene rings is 1. The Bertz CT molecular complexity index is 717. The number of nitrogens with one attached hydrogen (secondary N) is 2. The first-order chi connectivity index (χ1) is 11.6. The van der Waals surface area contributed by atoms with E-state index in [9.17, 15) is 9.59 Å². The summed E-state index contributed by atoms with van der Waals surface area (Å²) in [5.41, 5.74) is 2.41. The van der Waals surface area contributed by atoms with Crippen molar-refractivity contribution in [2.24, 2.45) is 0 Å². The monoisotopic (exact) mass is 328 g/mol. The van der Waals surface area contributed by atoms with Crippen LogP contribution in [0.15, 0.2) is 30.5 Å². The molecule has 6 nitrogen and oxygen atoms in total. The Hall–Kier alpha value is -2.34. The van der Waals surface area contributed by atoms with Crippen LogP contribution in [0, 0.1) is 0 Å². The van der Waals surface area contributed by atoms with Gasteiger partial charge in [0.25, 0.3) is 0 Å². The van der Waals surface area contributed by atoms with Crippen molar-refractivity contribution in [2.45, 2.75) is 13.3 Å². The SMILES string of the molecule is CC(=O)N1CCN(C(=O)CNCCc2c[nH]c3ccccc23)CC1. The second-order valence-electron chi connectivity index (χ2n) is 6.17. The van der Waals surface area contributed by atoms with Gasteiger partial charge in [0.15, 0.2) is 0 Å². The Kier molecular flexibility index (Phi) is 5.15. The zero-order valence-electron chi connectivity index (χ0n) is 14.0. The lowest BCUT2D eigenvalue weighted by Crippen LogP contribution is -2.51. The first kappa shape index (κ1) is 16.5. The number of piperazine rings is 1. The molecule has 1 aliphatic heterocycles. The fourth-order valence-corrected chi connectivity index (χ4v) is 3.14. The number of aromatic amines is 1. The molecule has 0 atom stereocenters. The summed E-state index contributed by atoms with van der Waals surface area (Å²) in [5.74, 6) is 0.191. The van der Waals surface area contributed by atoms with E-state index in [-0.39, 0.29) is 11.8 Å². The Morgan fingerprint density at radius 1 is 1.12 bits per heavy atom. The number of carbonyl (C=O) groups is 2. The molecule has 3 rings (SSSR count). The highest BCUT2D eigenvalue weighted by Gasteiger charge is 2.21. The van der Waals surface area contributed by atoms with E-state index in [1.165, 1.54) is 10.9 Å². The molecule has 2 heterocycles. The molecule has 0 saturated carbocycles. The van der Waals surface area contributed by atoms with E-state index in [2.05, 4.69) is 22.4 Å². The summed E-state index contributed by atoms with van der Waals surface area (Å²) < 4.78 is 0. The minimum Gasteiger partial charge on any atom is -0.361 e. The van der Waals surface area contributed by atoms with Crippen molar-refractivity contribution in [3.63, 3.8) is 0 Å². The summed E-state index contributed by atoms with van der Waals surface area (Å²) in [6, 6.07) is 8.24. The van der Waals surface area contributed by atoms with E-state index in [1.807, 2.05) is 23.2 Å². The fourth-order valence-electron chi connectivity index (χ4n) is 3.14. The van der Waals surface area contributed by atoms with Gasteiger partial charge >= 0.3 is 0 Å². The van der Waals surface area contributed by atoms with Crippen molar-refractivity contribution >= 4 is 22.7 Å². The van der Waals surface area contributed by atoms with Crippen LogP contribution in [0.5, 0.6) is 0 Å². The molecular formula is C18H24N4O2. The number of nitrogens with zero attached hydrogens (tertiary/aromatic N) is 2. The van der Waals surface area contributed by atoms with Crippen molar-refractivity contribution in [1.82, 2.24) is 20.1 Å². The number of amides is 2. The maximum atomic E-state index is 12.2. The van der Waals surface area contributed by atoms with Gasteiger partial charge in [0, 0.05) is 50.2 Å². The zero-order chi connectivity index (χ0) is 16.9. The Labute approximate surface area is 141 Å². The normalized spacial score (nSPS) is 15.0. The Balaban J connectivity index is 1.40. The largest absolute Gasteiger partial charge is 0.361 e. The van der Waals surface area contributed by atoms with Gasteiger partial charge in [-0.2, -0.15) is 0 Å². The molecule has 0 bridgehead atoms. The average Bonchev–Trinajstić information content (AvgIpc) is 3.02. The molecule has 24 heavy (non-hydrogen) atoms. The van der Waals surface area contributed by atoms with Crippen LogP contribution in [-0.2, 0) is 16.0 Å². The van der Waals surface area contributed by atoms with Crippen molar-refractivity contribution in [2.75, 3.05) is 39.3 Å². The molecule has 2 amide bonds. The van der Waals surface area contributed by atoms with Gasteiger partial charge < -0.3 is 20.1 Å². The number of hydrogen-bond donors (Lipinski definition) is 2. The molecule has 1 aliphatic rings. The minimum atomic E-state index is 0.0824. The molecule has 128 valence electrons. The van der Waals surface area contributed by atoms with Crippen LogP contribution in [0.1, 0.15) is 12.5 Å². The summed E-state index contributed by atoms with van der Waals surface area (Å²) >= 11 is 0. The first-order valence-electron chi connectivity index (χ1n) is 8.44. The van der Waals surface area contributed by atoms with Crippen molar-refractivity contribution in [1.29, 1.82) is 0 Å². The molecule has 6 heteroatoms. The molecule has 2 aromatic rings. The highest BCUT2D eigenvalue weighted by Crippen LogP contribution is 2.17. The summed E-state index contributed by atoms with van der Waals surface area (Å²) in [4.78, 5) is 30.4. The summed E-state index contributed by atoms with van der Waals surface area (Å²) in [7, 11) is 0. The number of rotatable bonds is 5. The summed E-state index contributed by atoms with van der Waals surface area (Å²) in [6.07, 6.45) is 2.92. The van der Waals surface area contributed by atoms with Crippen LogP contribution in [0.3, 0.4) is 0 Å². The topological polar surface area (TPSA) is 68.4 Å². The highest BCUT2D eigenvalue weighted by molar-refractivity contribution is 5.83. The van der Waals surface area contributed by atoms with Crippen LogP contribution in [0.25, 0.3) is 10.9 Å². The van der Waals surface area contributed by atoms with E-state index in [0.717, 1.165) is 18.5 Å². The second-order valence-corrected chi connectivity index (χ2v) is 6.17. The van der Waals surface area contributed by atoms with Crippen LogP contribution in [0.4, 0.5) is 0 Å². The van der Waals surface area contributed by atoms with Crippen LogP contribution >= 0.6 is 0 Å². The molecule has 1 fully saturated rings. The number of carbonyl (C=O) groups excluding carboxylic acids is 2. The Morgan fingerprint density at radius 3 is 2.58 bits per heavy atom. The summed E-state index contributed by atoms with van der Waals surface area (Å²) in [5, 5.41) is 4.48. The maximum absolute atomic E-state index is 12.2.